The average Bonchev–Trinajstić information content (AvgIpc) is 2.77. The molecular formula is C12H13ClN2. The van der Waals surface area contributed by atoms with E-state index < -0.39 is 0 Å². The Morgan fingerprint density at radius 2 is 2.20 bits per heavy atom. The predicted molar refractivity (Wildman–Crippen MR) is 62.0 cm³/mol. The highest BCUT2D eigenvalue weighted by atomic mass is 35.5. The van der Waals surface area contributed by atoms with Gasteiger partial charge in [-0.05, 0) is 30.0 Å². The highest BCUT2D eigenvalue weighted by Crippen LogP contribution is 2.47. The Hall–Kier alpha value is -1.20. The molecule has 1 fully saturated rings. The molecule has 1 saturated carbocycles. The molecule has 0 saturated heterocycles. The summed E-state index contributed by atoms with van der Waals surface area (Å²) in [6.07, 6.45) is 1.17. The monoisotopic (exact) mass is 220 g/mol. The maximum atomic E-state index is 8.70. The summed E-state index contributed by atoms with van der Waals surface area (Å²) >= 11 is 6.06. The Labute approximate surface area is 94.9 Å². The summed E-state index contributed by atoms with van der Waals surface area (Å²) in [5.74, 6) is 0. The third kappa shape index (κ3) is 2.08. The van der Waals surface area contributed by atoms with Gasteiger partial charge in [-0.25, -0.2) is 0 Å². The molecule has 1 N–H and O–H groups in total. The van der Waals surface area contributed by atoms with Crippen molar-refractivity contribution >= 4 is 17.3 Å². The lowest BCUT2D eigenvalue weighted by Gasteiger charge is -2.09. The first kappa shape index (κ1) is 10.3. The van der Waals surface area contributed by atoms with E-state index in [1.54, 1.807) is 12.1 Å². The predicted octanol–water partition coefficient (Wildman–Crippen LogP) is 3.42. The minimum absolute atomic E-state index is 0.372. The van der Waals surface area contributed by atoms with Gasteiger partial charge < -0.3 is 5.32 Å². The molecule has 1 aromatic rings. The molecule has 0 heterocycles. The van der Waals surface area contributed by atoms with Crippen LogP contribution in [0.15, 0.2) is 18.2 Å². The summed E-state index contributed by atoms with van der Waals surface area (Å²) in [4.78, 5) is 0. The van der Waals surface area contributed by atoms with Crippen LogP contribution in [0.5, 0.6) is 0 Å². The van der Waals surface area contributed by atoms with Crippen molar-refractivity contribution in [1.82, 2.24) is 0 Å². The van der Waals surface area contributed by atoms with Gasteiger partial charge in [-0.2, -0.15) is 5.26 Å². The van der Waals surface area contributed by atoms with Gasteiger partial charge >= 0.3 is 0 Å². The molecule has 0 radical (unpaired) electrons. The van der Waals surface area contributed by atoms with E-state index in [1.807, 2.05) is 6.07 Å². The smallest absolute Gasteiger partial charge is 0.0992 e. The van der Waals surface area contributed by atoms with Crippen LogP contribution >= 0.6 is 11.6 Å². The number of nitrogens with one attached hydrogen (secondary N) is 1. The first-order chi connectivity index (χ1) is 7.03. The van der Waals surface area contributed by atoms with Crippen LogP contribution < -0.4 is 5.32 Å². The third-order valence-electron chi connectivity index (χ3n) is 2.94. The molecule has 1 aliphatic carbocycles. The van der Waals surface area contributed by atoms with E-state index in [0.717, 1.165) is 5.69 Å². The van der Waals surface area contributed by atoms with E-state index in [0.29, 0.717) is 22.0 Å². The van der Waals surface area contributed by atoms with Crippen molar-refractivity contribution < 1.29 is 0 Å². The van der Waals surface area contributed by atoms with Crippen molar-refractivity contribution in [2.45, 2.75) is 26.3 Å². The minimum Gasteiger partial charge on any atom is -0.381 e. The zero-order valence-corrected chi connectivity index (χ0v) is 9.60. The standard InChI is InChI=1S/C12H13ClN2/c1-12(2)6-11(12)15-10-4-3-8(7-14)5-9(10)13/h3-5,11,15H,6H2,1-2H3. The Balaban J connectivity index is 2.14. The van der Waals surface area contributed by atoms with Gasteiger partial charge in [0, 0.05) is 6.04 Å². The van der Waals surface area contributed by atoms with Gasteiger partial charge in [-0.15, -0.1) is 0 Å². The zero-order valence-electron chi connectivity index (χ0n) is 8.84. The second kappa shape index (κ2) is 3.43. The fourth-order valence-electron chi connectivity index (χ4n) is 1.60. The molecule has 0 aliphatic heterocycles. The lowest BCUT2D eigenvalue weighted by molar-refractivity contribution is 0.630. The molecule has 0 aromatic heterocycles. The number of hydrogen-bond donors (Lipinski definition) is 1. The van der Waals surface area contributed by atoms with E-state index in [1.165, 1.54) is 6.42 Å². The van der Waals surface area contributed by atoms with Crippen LogP contribution in [0.25, 0.3) is 0 Å². The normalized spacial score (nSPS) is 21.9. The molecule has 1 unspecified atom stereocenters. The molecule has 15 heavy (non-hydrogen) atoms. The van der Waals surface area contributed by atoms with Crippen molar-refractivity contribution in [2.24, 2.45) is 5.41 Å². The number of rotatable bonds is 2. The van der Waals surface area contributed by atoms with Crippen molar-refractivity contribution in [3.05, 3.63) is 28.8 Å². The molecule has 0 amide bonds. The molecule has 3 heteroatoms. The van der Waals surface area contributed by atoms with Crippen LogP contribution in [0.4, 0.5) is 5.69 Å². The van der Waals surface area contributed by atoms with Crippen LogP contribution in [0.2, 0.25) is 5.02 Å². The van der Waals surface area contributed by atoms with E-state index >= 15 is 0 Å². The van der Waals surface area contributed by atoms with Crippen LogP contribution in [0, 0.1) is 16.7 Å². The topological polar surface area (TPSA) is 35.8 Å². The van der Waals surface area contributed by atoms with Gasteiger partial charge in [0.15, 0.2) is 0 Å². The van der Waals surface area contributed by atoms with Gasteiger partial charge in [0.25, 0.3) is 0 Å². The molecule has 1 atom stereocenters. The lowest BCUT2D eigenvalue weighted by atomic mass is 10.2. The average molecular weight is 221 g/mol. The fourth-order valence-corrected chi connectivity index (χ4v) is 1.84. The number of hydrogen-bond acceptors (Lipinski definition) is 2. The highest BCUT2D eigenvalue weighted by molar-refractivity contribution is 6.33. The number of nitriles is 1. The molecule has 0 bridgehead atoms. The quantitative estimate of drug-likeness (QED) is 0.829. The molecule has 1 aromatic carbocycles. The van der Waals surface area contributed by atoms with E-state index in [4.69, 9.17) is 16.9 Å². The summed E-state index contributed by atoms with van der Waals surface area (Å²) in [5, 5.41) is 12.7. The Bertz CT molecular complexity index is 432. The molecule has 2 rings (SSSR count). The Morgan fingerprint density at radius 1 is 1.53 bits per heavy atom. The molecular weight excluding hydrogens is 208 g/mol. The minimum atomic E-state index is 0.372. The second-order valence-corrected chi connectivity index (χ2v) is 5.10. The summed E-state index contributed by atoms with van der Waals surface area (Å²) in [6, 6.07) is 7.92. The first-order valence-corrected chi connectivity index (χ1v) is 5.37. The largest absolute Gasteiger partial charge is 0.381 e. The molecule has 78 valence electrons. The van der Waals surface area contributed by atoms with E-state index in [9.17, 15) is 0 Å². The van der Waals surface area contributed by atoms with Crippen molar-refractivity contribution in [2.75, 3.05) is 5.32 Å². The van der Waals surface area contributed by atoms with E-state index in [-0.39, 0.29) is 0 Å². The van der Waals surface area contributed by atoms with Crippen LogP contribution in [-0.2, 0) is 0 Å². The summed E-state index contributed by atoms with van der Waals surface area (Å²) in [7, 11) is 0. The van der Waals surface area contributed by atoms with Crippen LogP contribution in [-0.4, -0.2) is 6.04 Å². The molecule has 2 nitrogen and oxygen atoms in total. The number of anilines is 1. The van der Waals surface area contributed by atoms with E-state index in [2.05, 4.69) is 25.2 Å². The van der Waals surface area contributed by atoms with Crippen molar-refractivity contribution in [1.29, 1.82) is 5.26 Å². The second-order valence-electron chi connectivity index (χ2n) is 4.70. The zero-order chi connectivity index (χ0) is 11.1. The Kier molecular flexibility index (Phi) is 2.36. The third-order valence-corrected chi connectivity index (χ3v) is 3.25. The van der Waals surface area contributed by atoms with Crippen LogP contribution in [0.1, 0.15) is 25.8 Å². The van der Waals surface area contributed by atoms with Gasteiger partial charge in [0.1, 0.15) is 0 Å². The number of halogens is 1. The van der Waals surface area contributed by atoms with Gasteiger partial charge in [0.2, 0.25) is 0 Å². The van der Waals surface area contributed by atoms with Crippen molar-refractivity contribution in [3.8, 4) is 6.07 Å². The lowest BCUT2D eigenvalue weighted by Crippen LogP contribution is -2.08. The molecule has 1 aliphatic rings. The highest BCUT2D eigenvalue weighted by Gasteiger charge is 2.45. The number of nitrogens with zero attached hydrogens (tertiary/aromatic N) is 1. The maximum Gasteiger partial charge on any atom is 0.0992 e. The SMILES string of the molecule is CC1(C)CC1Nc1ccc(C#N)cc1Cl. The maximum absolute atomic E-state index is 8.70. The van der Waals surface area contributed by atoms with Gasteiger partial charge in [0.05, 0.1) is 22.3 Å². The fraction of sp³-hybridized carbons (Fsp3) is 0.417. The molecule has 0 spiro atoms. The van der Waals surface area contributed by atoms with Crippen molar-refractivity contribution in [3.63, 3.8) is 0 Å². The summed E-state index contributed by atoms with van der Waals surface area (Å²) < 4.78 is 0. The van der Waals surface area contributed by atoms with Crippen LogP contribution in [0.3, 0.4) is 0 Å². The Morgan fingerprint density at radius 3 is 2.67 bits per heavy atom. The summed E-state index contributed by atoms with van der Waals surface area (Å²) in [5.41, 5.74) is 1.89. The van der Waals surface area contributed by atoms with Gasteiger partial charge in [-0.3, -0.25) is 0 Å². The first-order valence-electron chi connectivity index (χ1n) is 4.99. The number of benzene rings is 1. The summed E-state index contributed by atoms with van der Waals surface area (Å²) in [6.45, 7) is 4.45. The van der Waals surface area contributed by atoms with Gasteiger partial charge in [-0.1, -0.05) is 25.4 Å².